The van der Waals surface area contributed by atoms with Crippen LogP contribution in [-0.4, -0.2) is 38.2 Å². The molecule has 0 aliphatic carbocycles. The molecule has 32 heavy (non-hydrogen) atoms. The van der Waals surface area contributed by atoms with Crippen LogP contribution in [0.4, 0.5) is 11.4 Å². The molecule has 0 radical (unpaired) electrons. The molecule has 0 aliphatic heterocycles. The molecule has 0 heterocycles. The Bertz CT molecular complexity index is 1210. The van der Waals surface area contributed by atoms with E-state index in [0.29, 0.717) is 16.9 Å². The Morgan fingerprint density at radius 1 is 0.906 bits per heavy atom. The van der Waals surface area contributed by atoms with Crippen LogP contribution in [0.1, 0.15) is 27.6 Å². The summed E-state index contributed by atoms with van der Waals surface area (Å²) < 4.78 is 27.5. The minimum Gasteiger partial charge on any atom is -0.478 e. The van der Waals surface area contributed by atoms with E-state index in [0.717, 1.165) is 4.90 Å². The van der Waals surface area contributed by atoms with Crippen LogP contribution in [0.5, 0.6) is 0 Å². The fourth-order valence-corrected chi connectivity index (χ4v) is 4.93. The van der Waals surface area contributed by atoms with E-state index in [1.807, 2.05) is 6.26 Å². The molecule has 9 heteroatoms. The summed E-state index contributed by atoms with van der Waals surface area (Å²) in [7, 11) is -3.75. The van der Waals surface area contributed by atoms with Gasteiger partial charge in [-0.05, 0) is 86.0 Å². The molecule has 0 bridgehead atoms. The predicted octanol–water partition coefficient (Wildman–Crippen LogP) is 4.57. The highest BCUT2D eigenvalue weighted by Crippen LogP contribution is 2.26. The fraction of sp³-hybridized carbons (Fsp3) is 0.130. The number of benzene rings is 3. The standard InChI is InChI=1S/C23H22N2O5S2/c1-3-25(32(29,30)21-14-12-20(31-2)13-15-21)19-10-6-16(7-11-19)22(26)24-18-8-4-17(5-9-18)23(27)28/h4-15H,3H2,1-2H3,(H,24,26)(H,27,28). The van der Waals surface area contributed by atoms with Crippen LogP contribution in [0.25, 0.3) is 0 Å². The number of nitrogens with zero attached hydrogens (tertiary/aromatic N) is 1. The summed E-state index contributed by atoms with van der Waals surface area (Å²) in [6.45, 7) is 1.98. The monoisotopic (exact) mass is 470 g/mol. The maximum Gasteiger partial charge on any atom is 0.335 e. The summed E-state index contributed by atoms with van der Waals surface area (Å²) in [5.74, 6) is -1.44. The van der Waals surface area contributed by atoms with Crippen molar-refractivity contribution >= 4 is 45.0 Å². The number of hydrogen-bond donors (Lipinski definition) is 2. The smallest absolute Gasteiger partial charge is 0.335 e. The highest BCUT2D eigenvalue weighted by molar-refractivity contribution is 7.98. The zero-order chi connectivity index (χ0) is 23.3. The number of nitrogens with one attached hydrogen (secondary N) is 1. The van der Waals surface area contributed by atoms with Crippen LogP contribution in [0.2, 0.25) is 0 Å². The normalized spacial score (nSPS) is 11.1. The molecule has 0 atom stereocenters. The first-order chi connectivity index (χ1) is 15.3. The van der Waals surface area contributed by atoms with E-state index in [4.69, 9.17) is 5.11 Å². The number of hydrogen-bond acceptors (Lipinski definition) is 5. The van der Waals surface area contributed by atoms with Gasteiger partial charge < -0.3 is 10.4 Å². The average Bonchev–Trinajstić information content (AvgIpc) is 2.80. The van der Waals surface area contributed by atoms with E-state index in [2.05, 4.69) is 5.32 Å². The predicted molar refractivity (Wildman–Crippen MR) is 126 cm³/mol. The van der Waals surface area contributed by atoms with Crippen molar-refractivity contribution in [3.8, 4) is 0 Å². The van der Waals surface area contributed by atoms with E-state index in [1.165, 1.54) is 40.3 Å². The van der Waals surface area contributed by atoms with Crippen LogP contribution in [0, 0.1) is 0 Å². The van der Waals surface area contributed by atoms with Gasteiger partial charge in [-0.1, -0.05) is 0 Å². The van der Waals surface area contributed by atoms with Gasteiger partial charge in [-0.3, -0.25) is 9.10 Å². The van der Waals surface area contributed by atoms with Crippen molar-refractivity contribution in [1.82, 2.24) is 0 Å². The zero-order valence-electron chi connectivity index (χ0n) is 17.5. The van der Waals surface area contributed by atoms with E-state index >= 15 is 0 Å². The van der Waals surface area contributed by atoms with E-state index < -0.39 is 21.9 Å². The first kappa shape index (κ1) is 23.4. The number of anilines is 2. The third-order valence-corrected chi connectivity index (χ3v) is 7.40. The van der Waals surface area contributed by atoms with Gasteiger partial charge in [-0.15, -0.1) is 11.8 Å². The molecule has 0 spiro atoms. The molecule has 0 aromatic heterocycles. The number of carboxylic acid groups (broad SMARTS) is 1. The lowest BCUT2D eigenvalue weighted by molar-refractivity contribution is 0.0696. The van der Waals surface area contributed by atoms with Crippen LogP contribution in [0.15, 0.2) is 82.6 Å². The fourth-order valence-electron chi connectivity index (χ4n) is 3.04. The minimum absolute atomic E-state index is 0.122. The Labute approximate surface area is 191 Å². The lowest BCUT2D eigenvalue weighted by Crippen LogP contribution is -2.30. The molecule has 0 aliphatic rings. The lowest BCUT2D eigenvalue weighted by Gasteiger charge is -2.23. The van der Waals surface area contributed by atoms with Crippen LogP contribution >= 0.6 is 11.8 Å². The average molecular weight is 471 g/mol. The minimum atomic E-state index is -3.75. The molecular weight excluding hydrogens is 448 g/mol. The lowest BCUT2D eigenvalue weighted by atomic mass is 10.1. The second-order valence-electron chi connectivity index (χ2n) is 6.73. The molecule has 0 fully saturated rings. The van der Waals surface area contributed by atoms with Crippen LogP contribution in [-0.2, 0) is 10.0 Å². The molecule has 3 rings (SSSR count). The quantitative estimate of drug-likeness (QED) is 0.467. The summed E-state index contributed by atoms with van der Waals surface area (Å²) in [4.78, 5) is 24.6. The second-order valence-corrected chi connectivity index (χ2v) is 9.47. The summed E-state index contributed by atoms with van der Waals surface area (Å²) in [5, 5.41) is 11.6. The topological polar surface area (TPSA) is 104 Å². The van der Waals surface area contributed by atoms with Crippen LogP contribution in [0.3, 0.4) is 0 Å². The summed E-state index contributed by atoms with van der Waals surface area (Å²) in [5.41, 5.74) is 1.37. The number of aromatic carboxylic acids is 1. The highest BCUT2D eigenvalue weighted by atomic mass is 32.2. The van der Waals surface area contributed by atoms with Gasteiger partial charge in [0.05, 0.1) is 16.1 Å². The SMILES string of the molecule is CCN(c1ccc(C(=O)Nc2ccc(C(=O)O)cc2)cc1)S(=O)(=O)c1ccc(SC)cc1. The molecule has 0 saturated heterocycles. The van der Waals surface area contributed by atoms with Gasteiger partial charge in [-0.2, -0.15) is 0 Å². The molecule has 7 nitrogen and oxygen atoms in total. The molecule has 3 aromatic rings. The van der Waals surface area contributed by atoms with Gasteiger partial charge in [0.25, 0.3) is 15.9 Å². The van der Waals surface area contributed by atoms with E-state index in [-0.39, 0.29) is 17.0 Å². The Kier molecular flexibility index (Phi) is 7.22. The molecule has 0 saturated carbocycles. The van der Waals surface area contributed by atoms with Gasteiger partial charge >= 0.3 is 5.97 Å². The molecule has 1 amide bonds. The van der Waals surface area contributed by atoms with Crippen LogP contribution < -0.4 is 9.62 Å². The number of carbonyl (C=O) groups is 2. The number of amides is 1. The van der Waals surface area contributed by atoms with Crippen molar-refractivity contribution < 1.29 is 23.1 Å². The summed E-state index contributed by atoms with van der Waals surface area (Å²) >= 11 is 1.53. The Morgan fingerprint density at radius 3 is 1.97 bits per heavy atom. The van der Waals surface area contributed by atoms with Gasteiger partial charge in [0, 0.05) is 22.7 Å². The molecule has 166 valence electrons. The maximum absolute atomic E-state index is 13.1. The van der Waals surface area contributed by atoms with Crippen molar-refractivity contribution in [1.29, 1.82) is 0 Å². The van der Waals surface area contributed by atoms with Gasteiger partial charge in [0.1, 0.15) is 0 Å². The van der Waals surface area contributed by atoms with Crippen molar-refractivity contribution in [2.45, 2.75) is 16.7 Å². The number of carbonyl (C=O) groups excluding carboxylic acids is 1. The third-order valence-electron chi connectivity index (χ3n) is 4.74. The van der Waals surface area contributed by atoms with Gasteiger partial charge in [0.2, 0.25) is 0 Å². The maximum atomic E-state index is 13.1. The zero-order valence-corrected chi connectivity index (χ0v) is 19.1. The van der Waals surface area contributed by atoms with Crippen molar-refractivity contribution in [3.05, 3.63) is 83.9 Å². The first-order valence-corrected chi connectivity index (χ1v) is 12.3. The van der Waals surface area contributed by atoms with Gasteiger partial charge in [-0.25, -0.2) is 13.2 Å². The Balaban J connectivity index is 1.77. The number of thioether (sulfide) groups is 1. The van der Waals surface area contributed by atoms with Crippen molar-refractivity contribution in [3.63, 3.8) is 0 Å². The number of sulfonamides is 1. The molecule has 2 N–H and O–H groups in total. The summed E-state index contributed by atoms with van der Waals surface area (Å²) in [6.07, 6.45) is 1.92. The Morgan fingerprint density at radius 2 is 1.47 bits per heavy atom. The largest absolute Gasteiger partial charge is 0.478 e. The Hall–Kier alpha value is -3.30. The van der Waals surface area contributed by atoms with Gasteiger partial charge in [0.15, 0.2) is 0 Å². The first-order valence-electron chi connectivity index (χ1n) is 9.68. The van der Waals surface area contributed by atoms with E-state index in [1.54, 1.807) is 55.5 Å². The second kappa shape index (κ2) is 9.88. The van der Waals surface area contributed by atoms with Crippen molar-refractivity contribution in [2.24, 2.45) is 0 Å². The third kappa shape index (κ3) is 5.12. The molecule has 0 unspecified atom stereocenters. The number of rotatable bonds is 8. The number of carboxylic acids is 1. The molecule has 3 aromatic carbocycles. The molecular formula is C23H22N2O5S2. The van der Waals surface area contributed by atoms with Crippen molar-refractivity contribution in [2.75, 3.05) is 22.4 Å². The van der Waals surface area contributed by atoms with E-state index in [9.17, 15) is 18.0 Å². The summed E-state index contributed by atoms with van der Waals surface area (Å²) in [6, 6.07) is 18.8. The highest BCUT2D eigenvalue weighted by Gasteiger charge is 2.23.